The molecular formula is C14H22N6. The molecule has 0 bridgehead atoms. The van der Waals surface area contributed by atoms with Gasteiger partial charge in [0.2, 0.25) is 0 Å². The minimum atomic E-state index is -0.129. The standard InChI is InChI=1S/C14H22N6/c1-11(15)14-16-10-19(18-14)9-12-7-8-20(17-12)13-5-3-2-4-6-13/h7-8,10-11,13H,2-6,9,15H2,1H3. The lowest BCUT2D eigenvalue weighted by Gasteiger charge is -2.21. The molecule has 2 aromatic heterocycles. The maximum Gasteiger partial charge on any atom is 0.166 e. The molecule has 3 rings (SSSR count). The molecule has 1 aliphatic carbocycles. The molecule has 0 spiro atoms. The average molecular weight is 274 g/mol. The predicted octanol–water partition coefficient (Wildman–Crippen LogP) is 2.05. The van der Waals surface area contributed by atoms with Crippen LogP contribution in [-0.4, -0.2) is 24.5 Å². The first kappa shape index (κ1) is 13.3. The Balaban J connectivity index is 1.66. The highest BCUT2D eigenvalue weighted by Gasteiger charge is 2.16. The van der Waals surface area contributed by atoms with Gasteiger partial charge in [0, 0.05) is 6.20 Å². The molecule has 1 fully saturated rings. The molecule has 0 radical (unpaired) electrons. The molecule has 2 N–H and O–H groups in total. The number of nitrogens with zero attached hydrogens (tertiary/aromatic N) is 5. The van der Waals surface area contributed by atoms with E-state index in [1.165, 1.54) is 32.1 Å². The normalized spacial score (nSPS) is 18.3. The molecule has 0 amide bonds. The van der Waals surface area contributed by atoms with Crippen LogP contribution in [0.4, 0.5) is 0 Å². The van der Waals surface area contributed by atoms with Gasteiger partial charge in [-0.2, -0.15) is 10.2 Å². The molecule has 6 heteroatoms. The predicted molar refractivity (Wildman–Crippen MR) is 76.1 cm³/mol. The molecule has 1 unspecified atom stereocenters. The Morgan fingerprint density at radius 3 is 2.80 bits per heavy atom. The first-order valence-electron chi connectivity index (χ1n) is 7.41. The average Bonchev–Trinajstić information content (AvgIpc) is 3.10. The minimum absolute atomic E-state index is 0.129. The maximum absolute atomic E-state index is 5.76. The second-order valence-corrected chi connectivity index (χ2v) is 5.67. The first-order valence-corrected chi connectivity index (χ1v) is 7.41. The van der Waals surface area contributed by atoms with Crippen LogP contribution in [0.25, 0.3) is 0 Å². The molecule has 20 heavy (non-hydrogen) atoms. The molecule has 2 aromatic rings. The van der Waals surface area contributed by atoms with E-state index in [1.54, 1.807) is 11.0 Å². The van der Waals surface area contributed by atoms with Crippen molar-refractivity contribution in [2.24, 2.45) is 5.73 Å². The van der Waals surface area contributed by atoms with E-state index in [-0.39, 0.29) is 6.04 Å². The van der Waals surface area contributed by atoms with E-state index < -0.39 is 0 Å². The van der Waals surface area contributed by atoms with Gasteiger partial charge in [-0.25, -0.2) is 9.67 Å². The van der Waals surface area contributed by atoms with Crippen molar-refractivity contribution >= 4 is 0 Å². The lowest BCUT2D eigenvalue weighted by molar-refractivity contribution is 0.327. The largest absolute Gasteiger partial charge is 0.321 e. The van der Waals surface area contributed by atoms with E-state index in [0.29, 0.717) is 18.4 Å². The Labute approximate surface area is 119 Å². The van der Waals surface area contributed by atoms with E-state index >= 15 is 0 Å². The fraction of sp³-hybridized carbons (Fsp3) is 0.643. The molecule has 0 aliphatic heterocycles. The van der Waals surface area contributed by atoms with E-state index in [9.17, 15) is 0 Å². The van der Waals surface area contributed by atoms with Gasteiger partial charge in [-0.1, -0.05) is 19.3 Å². The van der Waals surface area contributed by atoms with Gasteiger partial charge < -0.3 is 5.73 Å². The Morgan fingerprint density at radius 2 is 2.10 bits per heavy atom. The zero-order valence-corrected chi connectivity index (χ0v) is 11.9. The highest BCUT2D eigenvalue weighted by molar-refractivity contribution is 5.01. The van der Waals surface area contributed by atoms with Crippen molar-refractivity contribution < 1.29 is 0 Å². The number of hydrogen-bond acceptors (Lipinski definition) is 4. The van der Waals surface area contributed by atoms with Gasteiger partial charge in [-0.3, -0.25) is 4.68 Å². The van der Waals surface area contributed by atoms with Gasteiger partial charge in [0.05, 0.1) is 24.3 Å². The van der Waals surface area contributed by atoms with Gasteiger partial charge in [0.15, 0.2) is 5.82 Å². The summed E-state index contributed by atoms with van der Waals surface area (Å²) in [7, 11) is 0. The summed E-state index contributed by atoms with van der Waals surface area (Å²) in [6.07, 6.45) is 10.3. The Hall–Kier alpha value is -1.69. The third-order valence-corrected chi connectivity index (χ3v) is 3.90. The lowest BCUT2D eigenvalue weighted by atomic mass is 9.96. The van der Waals surface area contributed by atoms with Crippen LogP contribution in [-0.2, 0) is 6.54 Å². The molecule has 0 aromatic carbocycles. The number of nitrogens with two attached hydrogens (primary N) is 1. The highest BCUT2D eigenvalue weighted by atomic mass is 15.4. The summed E-state index contributed by atoms with van der Waals surface area (Å²) >= 11 is 0. The van der Waals surface area contributed by atoms with Crippen molar-refractivity contribution in [3.63, 3.8) is 0 Å². The highest BCUT2D eigenvalue weighted by Crippen LogP contribution is 2.27. The van der Waals surface area contributed by atoms with E-state index in [1.807, 2.05) is 6.92 Å². The number of aromatic nitrogens is 5. The molecule has 1 saturated carbocycles. The van der Waals surface area contributed by atoms with Crippen molar-refractivity contribution in [3.8, 4) is 0 Å². The number of rotatable bonds is 4. The van der Waals surface area contributed by atoms with Gasteiger partial charge in [0.1, 0.15) is 6.33 Å². The first-order chi connectivity index (χ1) is 9.72. The zero-order chi connectivity index (χ0) is 13.9. The van der Waals surface area contributed by atoms with Crippen LogP contribution in [0.5, 0.6) is 0 Å². The molecule has 1 aliphatic rings. The van der Waals surface area contributed by atoms with Crippen LogP contribution in [0.2, 0.25) is 0 Å². The Morgan fingerprint density at radius 1 is 1.30 bits per heavy atom. The summed E-state index contributed by atoms with van der Waals surface area (Å²) in [4.78, 5) is 4.20. The smallest absolute Gasteiger partial charge is 0.166 e. The summed E-state index contributed by atoms with van der Waals surface area (Å²) < 4.78 is 3.92. The third-order valence-electron chi connectivity index (χ3n) is 3.90. The van der Waals surface area contributed by atoms with Crippen LogP contribution < -0.4 is 5.73 Å². The summed E-state index contributed by atoms with van der Waals surface area (Å²) in [5, 5.41) is 9.04. The van der Waals surface area contributed by atoms with Crippen LogP contribution in [0.3, 0.4) is 0 Å². The van der Waals surface area contributed by atoms with Crippen LogP contribution in [0.15, 0.2) is 18.6 Å². The van der Waals surface area contributed by atoms with Crippen molar-refractivity contribution in [1.82, 2.24) is 24.5 Å². The monoisotopic (exact) mass is 274 g/mol. The van der Waals surface area contributed by atoms with E-state index in [4.69, 9.17) is 5.73 Å². The summed E-state index contributed by atoms with van der Waals surface area (Å²) in [6.45, 7) is 2.54. The fourth-order valence-corrected chi connectivity index (χ4v) is 2.77. The molecule has 108 valence electrons. The molecule has 2 heterocycles. The van der Waals surface area contributed by atoms with Crippen molar-refractivity contribution in [3.05, 3.63) is 30.1 Å². The fourth-order valence-electron chi connectivity index (χ4n) is 2.77. The van der Waals surface area contributed by atoms with E-state index in [0.717, 1.165) is 5.69 Å². The zero-order valence-electron chi connectivity index (χ0n) is 11.9. The SMILES string of the molecule is CC(N)c1ncn(Cc2ccn(C3CCCCC3)n2)n1. The second kappa shape index (κ2) is 5.75. The maximum atomic E-state index is 5.76. The molecular weight excluding hydrogens is 252 g/mol. The van der Waals surface area contributed by atoms with Gasteiger partial charge in [0.25, 0.3) is 0 Å². The second-order valence-electron chi connectivity index (χ2n) is 5.67. The van der Waals surface area contributed by atoms with Crippen molar-refractivity contribution in [2.75, 3.05) is 0 Å². The van der Waals surface area contributed by atoms with Crippen LogP contribution in [0.1, 0.15) is 62.6 Å². The van der Waals surface area contributed by atoms with Crippen molar-refractivity contribution in [1.29, 1.82) is 0 Å². The summed E-state index contributed by atoms with van der Waals surface area (Å²) in [5.41, 5.74) is 6.79. The van der Waals surface area contributed by atoms with Gasteiger partial charge in [-0.05, 0) is 25.8 Å². The topological polar surface area (TPSA) is 74.5 Å². The number of hydrogen-bond donors (Lipinski definition) is 1. The van der Waals surface area contributed by atoms with Crippen LogP contribution >= 0.6 is 0 Å². The molecule has 6 nitrogen and oxygen atoms in total. The van der Waals surface area contributed by atoms with Gasteiger partial charge >= 0.3 is 0 Å². The molecule has 0 saturated heterocycles. The van der Waals surface area contributed by atoms with Crippen molar-refractivity contribution in [2.45, 2.75) is 57.7 Å². The third kappa shape index (κ3) is 2.90. The van der Waals surface area contributed by atoms with Gasteiger partial charge in [-0.15, -0.1) is 0 Å². The lowest BCUT2D eigenvalue weighted by Crippen LogP contribution is -2.14. The van der Waals surface area contributed by atoms with Crippen LogP contribution in [0, 0.1) is 0 Å². The molecule has 1 atom stereocenters. The minimum Gasteiger partial charge on any atom is -0.321 e. The summed E-state index contributed by atoms with van der Waals surface area (Å²) in [6, 6.07) is 2.52. The Bertz CT molecular complexity index is 550. The summed E-state index contributed by atoms with van der Waals surface area (Å²) in [5.74, 6) is 0.678. The Kier molecular flexibility index (Phi) is 3.82. The quantitative estimate of drug-likeness (QED) is 0.926. The van der Waals surface area contributed by atoms with E-state index in [2.05, 4.69) is 32.1 Å².